The van der Waals surface area contributed by atoms with Crippen LogP contribution in [0.25, 0.3) is 11.3 Å². The Kier molecular flexibility index (Phi) is 9.98. The standard InChI is InChI=1S/C28H30ClN3O6/c1-17(26(38-30-2)20-15-23(35-4)27(37-6)24(16-20)36-5)19-12-13-22(34-3)21(14-19)31-28(33)25(32-29)18-10-8-7-9-11-18/h7-16,25,32H,2H2,1,3-6H3,(H,31,33)/b26-17+. The Bertz CT molecular complexity index is 1290. The van der Waals surface area contributed by atoms with Gasteiger partial charge in [-0.3, -0.25) is 4.79 Å². The number of carbonyl (C=O) groups excluding carboxylic acids is 1. The van der Waals surface area contributed by atoms with Crippen molar-refractivity contribution in [1.29, 1.82) is 0 Å². The third-order valence-corrected chi connectivity index (χ3v) is 6.04. The van der Waals surface area contributed by atoms with Gasteiger partial charge in [0, 0.05) is 17.9 Å². The fraction of sp³-hybridized carbons (Fsp3) is 0.214. The summed E-state index contributed by atoms with van der Waals surface area (Å²) in [7, 11) is 6.11. The molecule has 0 fully saturated rings. The van der Waals surface area contributed by atoms with Crippen LogP contribution in [0, 0.1) is 0 Å². The summed E-state index contributed by atoms with van der Waals surface area (Å²) < 4.78 is 21.9. The molecule has 9 nitrogen and oxygen atoms in total. The van der Waals surface area contributed by atoms with Crippen molar-refractivity contribution in [1.82, 2.24) is 4.84 Å². The van der Waals surface area contributed by atoms with Crippen LogP contribution in [0.3, 0.4) is 0 Å². The minimum atomic E-state index is -0.786. The highest BCUT2D eigenvalue weighted by Crippen LogP contribution is 2.42. The zero-order valence-electron chi connectivity index (χ0n) is 21.8. The van der Waals surface area contributed by atoms with E-state index in [4.69, 9.17) is 35.6 Å². The maximum atomic E-state index is 13.1. The van der Waals surface area contributed by atoms with Gasteiger partial charge >= 0.3 is 0 Å². The molecule has 0 aliphatic carbocycles. The fourth-order valence-electron chi connectivity index (χ4n) is 3.90. The van der Waals surface area contributed by atoms with E-state index in [2.05, 4.69) is 22.0 Å². The predicted molar refractivity (Wildman–Crippen MR) is 149 cm³/mol. The van der Waals surface area contributed by atoms with Crippen LogP contribution in [-0.2, 0) is 9.63 Å². The zero-order valence-corrected chi connectivity index (χ0v) is 22.6. The van der Waals surface area contributed by atoms with Gasteiger partial charge in [-0.25, -0.2) is 4.84 Å². The van der Waals surface area contributed by atoms with Gasteiger partial charge in [0.05, 0.1) is 34.1 Å². The number of carbonyl (C=O) groups is 1. The number of nitrogens with zero attached hydrogens (tertiary/aromatic N) is 1. The second-order valence-corrected chi connectivity index (χ2v) is 8.16. The first-order valence-electron chi connectivity index (χ1n) is 11.5. The first kappa shape index (κ1) is 28.4. The van der Waals surface area contributed by atoms with Gasteiger partial charge in [0.2, 0.25) is 11.7 Å². The number of halogens is 1. The van der Waals surface area contributed by atoms with E-state index in [1.807, 2.05) is 43.3 Å². The Labute approximate surface area is 227 Å². The molecule has 2 N–H and O–H groups in total. The van der Waals surface area contributed by atoms with E-state index < -0.39 is 6.04 Å². The SMILES string of the molecule is C=NO/C(=C(\C)c1ccc(OC)c(NC(=O)C(NCl)c2ccccc2)c1)c1cc(OC)c(OC)c(OC)c1. The van der Waals surface area contributed by atoms with Crippen molar-refractivity contribution in [3.05, 3.63) is 77.4 Å². The summed E-state index contributed by atoms with van der Waals surface area (Å²) in [5.41, 5.74) is 3.18. The first-order chi connectivity index (χ1) is 18.4. The van der Waals surface area contributed by atoms with Gasteiger partial charge in [0.15, 0.2) is 17.3 Å². The lowest BCUT2D eigenvalue weighted by Gasteiger charge is -2.18. The molecule has 1 atom stereocenters. The smallest absolute Gasteiger partial charge is 0.247 e. The average molecular weight is 540 g/mol. The van der Waals surface area contributed by atoms with Crippen molar-refractivity contribution in [3.63, 3.8) is 0 Å². The molecule has 0 bridgehead atoms. The molecule has 3 aromatic carbocycles. The number of allylic oxidation sites excluding steroid dienone is 1. The second-order valence-electron chi connectivity index (χ2n) is 7.95. The Morgan fingerprint density at radius 2 is 1.50 bits per heavy atom. The third kappa shape index (κ3) is 6.19. The summed E-state index contributed by atoms with van der Waals surface area (Å²) in [6, 6.07) is 17.2. The van der Waals surface area contributed by atoms with Gasteiger partial charge in [0.25, 0.3) is 0 Å². The molecule has 3 rings (SSSR count). The van der Waals surface area contributed by atoms with Gasteiger partial charge in [-0.1, -0.05) is 41.6 Å². The molecule has 38 heavy (non-hydrogen) atoms. The van der Waals surface area contributed by atoms with Crippen LogP contribution in [0.4, 0.5) is 5.69 Å². The number of benzene rings is 3. The second kappa shape index (κ2) is 13.4. The molecule has 0 spiro atoms. The summed E-state index contributed by atoms with van der Waals surface area (Å²) in [5.74, 6) is 1.83. The molecule has 0 aliphatic rings. The zero-order chi connectivity index (χ0) is 27.7. The molecule has 0 aromatic heterocycles. The van der Waals surface area contributed by atoms with E-state index in [0.29, 0.717) is 51.1 Å². The maximum Gasteiger partial charge on any atom is 0.247 e. The number of nitrogens with one attached hydrogen (secondary N) is 2. The number of anilines is 1. The molecule has 0 saturated heterocycles. The number of methoxy groups -OCH3 is 4. The van der Waals surface area contributed by atoms with E-state index >= 15 is 0 Å². The largest absolute Gasteiger partial charge is 0.495 e. The van der Waals surface area contributed by atoms with Crippen LogP contribution >= 0.6 is 11.8 Å². The Hall–Kier alpha value is -4.21. The van der Waals surface area contributed by atoms with Crippen LogP contribution < -0.4 is 29.1 Å². The number of rotatable bonds is 12. The molecule has 1 amide bonds. The van der Waals surface area contributed by atoms with Crippen LogP contribution in [0.2, 0.25) is 0 Å². The fourth-order valence-corrected chi connectivity index (χ4v) is 4.12. The molecule has 3 aromatic rings. The summed E-state index contributed by atoms with van der Waals surface area (Å²) >= 11 is 5.92. The highest BCUT2D eigenvalue weighted by Gasteiger charge is 2.22. The number of hydrogen-bond acceptors (Lipinski definition) is 8. The summed E-state index contributed by atoms with van der Waals surface area (Å²) in [4.78, 5) is 21.3. The minimum Gasteiger partial charge on any atom is -0.495 e. The van der Waals surface area contributed by atoms with Crippen molar-refractivity contribution in [2.45, 2.75) is 13.0 Å². The van der Waals surface area contributed by atoms with E-state index in [9.17, 15) is 4.79 Å². The molecule has 10 heteroatoms. The van der Waals surface area contributed by atoms with Crippen molar-refractivity contribution < 1.29 is 28.6 Å². The molecule has 0 aliphatic heterocycles. The van der Waals surface area contributed by atoms with Crippen LogP contribution in [-0.4, -0.2) is 41.1 Å². The predicted octanol–water partition coefficient (Wildman–Crippen LogP) is 5.66. The normalized spacial score (nSPS) is 12.1. The van der Waals surface area contributed by atoms with Crippen LogP contribution in [0.1, 0.15) is 29.7 Å². The highest BCUT2D eigenvalue weighted by atomic mass is 35.5. The number of amides is 1. The lowest BCUT2D eigenvalue weighted by Crippen LogP contribution is -2.28. The highest BCUT2D eigenvalue weighted by molar-refractivity contribution is 6.16. The number of ether oxygens (including phenoxy) is 4. The Morgan fingerprint density at radius 1 is 0.868 bits per heavy atom. The molecule has 0 saturated carbocycles. The Balaban J connectivity index is 2.07. The van der Waals surface area contributed by atoms with Crippen molar-refractivity contribution in [2.75, 3.05) is 33.8 Å². The van der Waals surface area contributed by atoms with Gasteiger partial charge in [-0.05, 0) is 54.1 Å². The molecule has 0 radical (unpaired) electrons. The van der Waals surface area contributed by atoms with Crippen LogP contribution in [0.5, 0.6) is 23.0 Å². The van der Waals surface area contributed by atoms with Crippen molar-refractivity contribution in [3.8, 4) is 23.0 Å². The molecular formula is C28H30ClN3O6. The van der Waals surface area contributed by atoms with Gasteiger partial charge in [-0.2, -0.15) is 0 Å². The minimum absolute atomic E-state index is 0.364. The van der Waals surface area contributed by atoms with Crippen LogP contribution in [0.15, 0.2) is 65.8 Å². The van der Waals surface area contributed by atoms with E-state index in [0.717, 1.165) is 5.56 Å². The molecular weight excluding hydrogens is 510 g/mol. The van der Waals surface area contributed by atoms with E-state index in [1.54, 1.807) is 24.3 Å². The first-order valence-corrected chi connectivity index (χ1v) is 11.8. The summed E-state index contributed by atoms with van der Waals surface area (Å²) in [6.45, 7) is 5.32. The van der Waals surface area contributed by atoms with Gasteiger partial charge in [-0.15, -0.1) is 0 Å². The third-order valence-electron chi connectivity index (χ3n) is 5.82. The Morgan fingerprint density at radius 3 is 2.03 bits per heavy atom. The molecule has 0 heterocycles. The monoisotopic (exact) mass is 539 g/mol. The van der Waals surface area contributed by atoms with Gasteiger partial charge in [0.1, 0.15) is 11.8 Å². The lowest BCUT2D eigenvalue weighted by molar-refractivity contribution is -0.117. The number of oxime groups is 1. The molecule has 200 valence electrons. The quantitative estimate of drug-likeness (QED) is 0.101. The van der Waals surface area contributed by atoms with Crippen molar-refractivity contribution in [2.24, 2.45) is 5.16 Å². The van der Waals surface area contributed by atoms with E-state index in [1.165, 1.54) is 28.4 Å². The maximum absolute atomic E-state index is 13.1. The average Bonchev–Trinajstić information content (AvgIpc) is 2.95. The van der Waals surface area contributed by atoms with E-state index in [-0.39, 0.29) is 5.91 Å². The summed E-state index contributed by atoms with van der Waals surface area (Å²) in [5, 5.41) is 6.55. The van der Waals surface area contributed by atoms with Gasteiger partial charge < -0.3 is 29.1 Å². The van der Waals surface area contributed by atoms with Crippen molar-refractivity contribution >= 4 is 41.4 Å². The topological polar surface area (TPSA) is 99.6 Å². The number of hydrogen-bond donors (Lipinski definition) is 2. The lowest BCUT2D eigenvalue weighted by atomic mass is 10.0. The molecule has 1 unspecified atom stereocenters. The summed E-state index contributed by atoms with van der Waals surface area (Å²) in [6.07, 6.45) is 0.